The van der Waals surface area contributed by atoms with Gasteiger partial charge in [0.1, 0.15) is 18.2 Å². The zero-order valence-electron chi connectivity index (χ0n) is 12.5. The predicted octanol–water partition coefficient (Wildman–Crippen LogP) is 2.29. The van der Waals surface area contributed by atoms with Gasteiger partial charge < -0.3 is 4.74 Å². The molecular weight excluding hydrogens is 268 g/mol. The quantitative estimate of drug-likeness (QED) is 0.642. The van der Waals surface area contributed by atoms with Crippen molar-refractivity contribution in [3.05, 3.63) is 0 Å². The van der Waals surface area contributed by atoms with E-state index >= 15 is 0 Å². The van der Waals surface area contributed by atoms with Crippen molar-refractivity contribution in [2.75, 3.05) is 6.61 Å². The Bertz CT molecular complexity index is 539. The summed E-state index contributed by atoms with van der Waals surface area (Å²) in [5, 5.41) is 0. The largest absolute Gasteiger partial charge is 0.464 e. The number of Topliss-reactive ketones (excluding diaryl/α,β-unsaturated/α-hetero) is 2. The molecular formula is C17H22O4. The number of esters is 1. The van der Waals surface area contributed by atoms with Crippen LogP contribution in [0.25, 0.3) is 0 Å². The second kappa shape index (κ2) is 4.17. The third kappa shape index (κ3) is 1.39. The molecule has 1 heterocycles. The molecule has 0 radical (unpaired) electrons. The molecule has 5 fully saturated rings. The second-order valence-electron chi connectivity index (χ2n) is 7.53. The normalized spacial score (nSPS) is 49.2. The van der Waals surface area contributed by atoms with E-state index in [1.165, 1.54) is 0 Å². The molecule has 4 nitrogen and oxygen atoms in total. The van der Waals surface area contributed by atoms with Crippen LogP contribution in [0.1, 0.15) is 51.9 Å². The smallest absolute Gasteiger partial charge is 0.310 e. The van der Waals surface area contributed by atoms with E-state index in [1.807, 2.05) is 6.92 Å². The molecule has 2 bridgehead atoms. The highest BCUT2D eigenvalue weighted by atomic mass is 16.5. The molecule has 0 aromatic rings. The fourth-order valence-corrected chi connectivity index (χ4v) is 5.82. The van der Waals surface area contributed by atoms with Gasteiger partial charge in [-0.1, -0.05) is 13.3 Å². The van der Waals surface area contributed by atoms with Crippen LogP contribution in [0, 0.1) is 28.6 Å². The first-order valence-electron chi connectivity index (χ1n) is 8.27. The average molecular weight is 290 g/mol. The van der Waals surface area contributed by atoms with Crippen LogP contribution in [-0.4, -0.2) is 24.1 Å². The molecule has 0 amide bonds. The zero-order valence-corrected chi connectivity index (χ0v) is 12.5. The van der Waals surface area contributed by atoms with Crippen molar-refractivity contribution in [1.29, 1.82) is 0 Å². The van der Waals surface area contributed by atoms with Gasteiger partial charge >= 0.3 is 5.97 Å². The number of hydrogen-bond donors (Lipinski definition) is 0. The number of rotatable bonds is 0. The maximum absolute atomic E-state index is 13.1. The Morgan fingerprint density at radius 2 is 1.95 bits per heavy atom. The van der Waals surface area contributed by atoms with Gasteiger partial charge in [-0.25, -0.2) is 0 Å². The molecule has 0 unspecified atom stereocenters. The maximum Gasteiger partial charge on any atom is 0.310 e. The van der Waals surface area contributed by atoms with Crippen LogP contribution in [0.15, 0.2) is 0 Å². The zero-order chi connectivity index (χ0) is 14.8. The molecule has 2 spiro atoms. The van der Waals surface area contributed by atoms with E-state index in [2.05, 4.69) is 0 Å². The number of ether oxygens (including phenoxy) is 1. The third-order valence-electron chi connectivity index (χ3n) is 6.99. The lowest BCUT2D eigenvalue weighted by molar-refractivity contribution is -0.216. The highest BCUT2D eigenvalue weighted by Gasteiger charge is 2.72. The van der Waals surface area contributed by atoms with Crippen molar-refractivity contribution in [3.8, 4) is 0 Å². The Morgan fingerprint density at radius 1 is 1.14 bits per heavy atom. The number of ketones is 2. The Balaban J connectivity index is 1.90. The number of fused-ring (bicyclic) bond motifs is 2. The fourth-order valence-electron chi connectivity index (χ4n) is 5.82. The lowest BCUT2D eigenvalue weighted by Crippen LogP contribution is -2.70. The molecule has 4 saturated carbocycles. The third-order valence-corrected chi connectivity index (χ3v) is 6.99. The Labute approximate surface area is 124 Å². The number of carbonyl (C=O) groups is 3. The van der Waals surface area contributed by atoms with Crippen LogP contribution in [-0.2, 0) is 19.1 Å². The highest BCUT2D eigenvalue weighted by Crippen LogP contribution is 2.66. The van der Waals surface area contributed by atoms with Crippen molar-refractivity contribution >= 4 is 17.5 Å². The molecule has 5 aliphatic rings. The van der Waals surface area contributed by atoms with E-state index in [-0.39, 0.29) is 36.0 Å². The van der Waals surface area contributed by atoms with Crippen LogP contribution >= 0.6 is 0 Å². The first-order valence-corrected chi connectivity index (χ1v) is 8.27. The van der Waals surface area contributed by atoms with E-state index in [4.69, 9.17) is 4.74 Å². The van der Waals surface area contributed by atoms with Gasteiger partial charge in [-0.3, -0.25) is 14.4 Å². The van der Waals surface area contributed by atoms with E-state index in [0.29, 0.717) is 18.8 Å². The van der Waals surface area contributed by atoms with Crippen LogP contribution < -0.4 is 0 Å². The van der Waals surface area contributed by atoms with Crippen LogP contribution in [0.3, 0.4) is 0 Å². The van der Waals surface area contributed by atoms with E-state index < -0.39 is 10.8 Å². The molecule has 4 heteroatoms. The summed E-state index contributed by atoms with van der Waals surface area (Å²) in [5.41, 5.74) is -1.45. The molecule has 5 atom stereocenters. The Hall–Kier alpha value is -1.19. The van der Waals surface area contributed by atoms with Gasteiger partial charge in [0.05, 0.1) is 16.7 Å². The van der Waals surface area contributed by atoms with Crippen molar-refractivity contribution in [3.63, 3.8) is 0 Å². The number of hydrogen-bond acceptors (Lipinski definition) is 4. The minimum atomic E-state index is -0.742. The van der Waals surface area contributed by atoms with E-state index in [9.17, 15) is 14.4 Å². The molecule has 5 rings (SSSR count). The number of carbonyl (C=O) groups excluding carboxylic acids is 3. The average Bonchev–Trinajstić information content (AvgIpc) is 2.50. The predicted molar refractivity (Wildman–Crippen MR) is 74.3 cm³/mol. The van der Waals surface area contributed by atoms with Gasteiger partial charge in [0.15, 0.2) is 0 Å². The summed E-state index contributed by atoms with van der Waals surface area (Å²) in [4.78, 5) is 38.3. The van der Waals surface area contributed by atoms with Gasteiger partial charge in [0.2, 0.25) is 0 Å². The molecule has 0 aromatic heterocycles. The van der Waals surface area contributed by atoms with Gasteiger partial charge in [-0.05, 0) is 38.0 Å². The fraction of sp³-hybridized carbons (Fsp3) is 0.824. The molecule has 1 aliphatic heterocycles. The van der Waals surface area contributed by atoms with Crippen LogP contribution in [0.2, 0.25) is 0 Å². The first kappa shape index (κ1) is 13.5. The summed E-state index contributed by atoms with van der Waals surface area (Å²) in [6.07, 6.45) is 5.55. The van der Waals surface area contributed by atoms with E-state index in [1.54, 1.807) is 0 Å². The van der Waals surface area contributed by atoms with Gasteiger partial charge in [-0.2, -0.15) is 0 Å². The number of cyclic esters (lactones) is 1. The topological polar surface area (TPSA) is 60.4 Å². The van der Waals surface area contributed by atoms with Gasteiger partial charge in [0.25, 0.3) is 0 Å². The summed E-state index contributed by atoms with van der Waals surface area (Å²) in [7, 11) is 0. The molecule has 114 valence electrons. The highest BCUT2D eigenvalue weighted by molar-refractivity contribution is 6.02. The Morgan fingerprint density at radius 3 is 2.71 bits per heavy atom. The molecule has 21 heavy (non-hydrogen) atoms. The monoisotopic (exact) mass is 290 g/mol. The van der Waals surface area contributed by atoms with Crippen LogP contribution in [0.4, 0.5) is 0 Å². The minimum Gasteiger partial charge on any atom is -0.464 e. The SMILES string of the molecule is C[C@@H]1C(=O)[C@@]23CC[C@@H]1C[C@@H]2C(=O)OC[C@]31CCCCC1=O. The summed E-state index contributed by atoms with van der Waals surface area (Å²) < 4.78 is 5.43. The lowest BCUT2D eigenvalue weighted by Gasteiger charge is -2.62. The summed E-state index contributed by atoms with van der Waals surface area (Å²) in [6.45, 7) is 2.13. The molecule has 0 aromatic carbocycles. The summed E-state index contributed by atoms with van der Waals surface area (Å²) in [6, 6.07) is 0. The minimum absolute atomic E-state index is 0.00694. The standard InChI is InChI=1S/C17H22O4/c1-10-11-5-7-17(14(10)19)12(8-11)15(20)21-9-16(17)6-3-2-4-13(16)18/h10-12H,2-9H2,1H3/t10-,11+,12+,16-,17+/m0/s1. The van der Waals surface area contributed by atoms with Gasteiger partial charge in [-0.15, -0.1) is 0 Å². The second-order valence-corrected chi connectivity index (χ2v) is 7.53. The first-order chi connectivity index (χ1) is 10.0. The van der Waals surface area contributed by atoms with Gasteiger partial charge in [0, 0.05) is 12.3 Å². The summed E-state index contributed by atoms with van der Waals surface area (Å²) in [5.74, 6) is 0.0482. The lowest BCUT2D eigenvalue weighted by atomic mass is 9.39. The van der Waals surface area contributed by atoms with Crippen molar-refractivity contribution in [2.45, 2.75) is 51.9 Å². The van der Waals surface area contributed by atoms with E-state index in [0.717, 1.165) is 32.1 Å². The molecule has 1 saturated heterocycles. The molecule has 0 N–H and O–H groups in total. The van der Waals surface area contributed by atoms with Crippen molar-refractivity contribution in [1.82, 2.24) is 0 Å². The van der Waals surface area contributed by atoms with Crippen molar-refractivity contribution in [2.24, 2.45) is 28.6 Å². The summed E-state index contributed by atoms with van der Waals surface area (Å²) >= 11 is 0. The Kier molecular flexibility index (Phi) is 2.68. The van der Waals surface area contributed by atoms with Crippen LogP contribution in [0.5, 0.6) is 0 Å². The molecule has 4 aliphatic carbocycles. The van der Waals surface area contributed by atoms with Crippen molar-refractivity contribution < 1.29 is 19.1 Å². The maximum atomic E-state index is 13.1.